The first-order valence-corrected chi connectivity index (χ1v) is 9.23. The van der Waals surface area contributed by atoms with E-state index in [2.05, 4.69) is 31.2 Å². The minimum atomic E-state index is -0.320. The van der Waals surface area contributed by atoms with Crippen molar-refractivity contribution in [3.05, 3.63) is 70.1 Å². The number of hydrogen-bond acceptors (Lipinski definition) is 3. The number of anilines is 1. The smallest absolute Gasteiger partial charge is 0.276 e. The predicted octanol–water partition coefficient (Wildman–Crippen LogP) is 4.36. The molecule has 0 atom stereocenters. The first kappa shape index (κ1) is 18.8. The van der Waals surface area contributed by atoms with E-state index in [0.29, 0.717) is 23.0 Å². The lowest BCUT2D eigenvalue weighted by atomic mass is 9.87. The van der Waals surface area contributed by atoms with Crippen LogP contribution >= 0.6 is 0 Å². The van der Waals surface area contributed by atoms with Gasteiger partial charge >= 0.3 is 0 Å². The zero-order chi connectivity index (χ0) is 19.6. The maximum absolute atomic E-state index is 12.9. The van der Waals surface area contributed by atoms with E-state index in [1.807, 2.05) is 37.3 Å². The lowest BCUT2D eigenvalue weighted by Crippen LogP contribution is -2.27. The van der Waals surface area contributed by atoms with Crippen LogP contribution < -0.4 is 10.9 Å². The van der Waals surface area contributed by atoms with Crippen LogP contribution in [0.2, 0.25) is 0 Å². The van der Waals surface area contributed by atoms with Crippen LogP contribution in [0.4, 0.5) is 5.69 Å². The average molecular weight is 363 g/mol. The summed E-state index contributed by atoms with van der Waals surface area (Å²) < 4.78 is 1.37. The van der Waals surface area contributed by atoms with E-state index in [1.54, 1.807) is 18.2 Å². The monoisotopic (exact) mass is 363 g/mol. The lowest BCUT2D eigenvalue weighted by molar-refractivity contribution is 0.102. The molecule has 0 aliphatic rings. The van der Waals surface area contributed by atoms with Crippen molar-refractivity contribution in [1.82, 2.24) is 9.78 Å². The Morgan fingerprint density at radius 2 is 1.67 bits per heavy atom. The molecular weight excluding hydrogens is 338 g/mol. The summed E-state index contributed by atoms with van der Waals surface area (Å²) in [5.41, 5.74) is 2.04. The normalized spacial score (nSPS) is 11.6. The van der Waals surface area contributed by atoms with E-state index < -0.39 is 0 Å². The molecule has 1 aromatic heterocycles. The number of aryl methyl sites for hydroxylation is 1. The van der Waals surface area contributed by atoms with Gasteiger partial charge in [0, 0.05) is 17.6 Å². The molecule has 5 nitrogen and oxygen atoms in total. The number of nitrogens with zero attached hydrogens (tertiary/aromatic N) is 2. The molecule has 2 aromatic carbocycles. The maximum atomic E-state index is 12.9. The van der Waals surface area contributed by atoms with E-state index in [4.69, 9.17) is 0 Å². The minimum Gasteiger partial charge on any atom is -0.321 e. The van der Waals surface area contributed by atoms with Gasteiger partial charge in [-0.1, -0.05) is 58.0 Å². The summed E-state index contributed by atoms with van der Waals surface area (Å²) in [7, 11) is 0. The molecule has 0 radical (unpaired) electrons. The van der Waals surface area contributed by atoms with Crippen molar-refractivity contribution in [3.8, 4) is 0 Å². The summed E-state index contributed by atoms with van der Waals surface area (Å²) in [6.45, 7) is 8.89. The molecule has 0 saturated heterocycles. The van der Waals surface area contributed by atoms with E-state index in [0.717, 1.165) is 6.42 Å². The summed E-state index contributed by atoms with van der Waals surface area (Å²) in [5, 5.41) is 8.31. The van der Waals surface area contributed by atoms with Gasteiger partial charge in [-0.05, 0) is 35.6 Å². The SMILES string of the molecule is CCCn1nc(C(=O)Nc2ccc(C(C)(C)C)cc2)c2ccccc2c1=O. The molecule has 0 fully saturated rings. The molecule has 3 aromatic rings. The lowest BCUT2D eigenvalue weighted by Gasteiger charge is -2.19. The van der Waals surface area contributed by atoms with Gasteiger partial charge in [0.2, 0.25) is 0 Å². The van der Waals surface area contributed by atoms with Gasteiger partial charge < -0.3 is 5.32 Å². The quantitative estimate of drug-likeness (QED) is 0.749. The van der Waals surface area contributed by atoms with Gasteiger partial charge in [-0.15, -0.1) is 0 Å². The zero-order valence-electron chi connectivity index (χ0n) is 16.2. The third kappa shape index (κ3) is 3.92. The van der Waals surface area contributed by atoms with Gasteiger partial charge in [-0.2, -0.15) is 5.10 Å². The van der Waals surface area contributed by atoms with E-state index in [-0.39, 0.29) is 22.6 Å². The number of amides is 1. The molecule has 0 spiro atoms. The van der Waals surface area contributed by atoms with Crippen molar-refractivity contribution in [1.29, 1.82) is 0 Å². The fraction of sp³-hybridized carbons (Fsp3) is 0.318. The standard InChI is InChI=1S/C22H25N3O2/c1-5-14-25-21(27)18-9-7-6-8-17(18)19(24-25)20(26)23-16-12-10-15(11-13-16)22(2,3)4/h6-13H,5,14H2,1-4H3,(H,23,26). The van der Waals surface area contributed by atoms with Crippen LogP contribution in [0.5, 0.6) is 0 Å². The number of fused-ring (bicyclic) bond motifs is 1. The van der Waals surface area contributed by atoms with Crippen LogP contribution in [-0.2, 0) is 12.0 Å². The summed E-state index contributed by atoms with van der Waals surface area (Å²) in [6.07, 6.45) is 0.764. The Morgan fingerprint density at radius 1 is 1.04 bits per heavy atom. The molecule has 0 aliphatic carbocycles. The molecule has 140 valence electrons. The number of benzene rings is 2. The number of carbonyl (C=O) groups is 1. The molecular formula is C22H25N3O2. The topological polar surface area (TPSA) is 64.0 Å². The number of carbonyl (C=O) groups excluding carboxylic acids is 1. The zero-order valence-corrected chi connectivity index (χ0v) is 16.2. The highest BCUT2D eigenvalue weighted by molar-refractivity contribution is 6.11. The van der Waals surface area contributed by atoms with Gasteiger partial charge in [0.05, 0.1) is 5.39 Å². The van der Waals surface area contributed by atoms with Crippen molar-refractivity contribution in [2.45, 2.75) is 46.1 Å². The summed E-state index contributed by atoms with van der Waals surface area (Å²) in [4.78, 5) is 25.4. The second-order valence-electron chi connectivity index (χ2n) is 7.70. The molecule has 0 saturated carbocycles. The second kappa shape index (κ2) is 7.35. The summed E-state index contributed by atoms with van der Waals surface area (Å²) in [6, 6.07) is 14.9. The minimum absolute atomic E-state index is 0.0515. The molecule has 1 amide bonds. The Hall–Kier alpha value is -2.95. The molecule has 0 bridgehead atoms. The highest BCUT2D eigenvalue weighted by Crippen LogP contribution is 2.24. The molecule has 0 unspecified atom stereocenters. The van der Waals surface area contributed by atoms with Gasteiger partial charge in [0.25, 0.3) is 11.5 Å². The van der Waals surface area contributed by atoms with Crippen molar-refractivity contribution < 1.29 is 4.79 Å². The van der Waals surface area contributed by atoms with Crippen LogP contribution in [0.3, 0.4) is 0 Å². The number of aromatic nitrogens is 2. The van der Waals surface area contributed by atoms with Gasteiger partial charge in [-0.25, -0.2) is 4.68 Å². The fourth-order valence-electron chi connectivity index (χ4n) is 3.01. The van der Waals surface area contributed by atoms with E-state index in [9.17, 15) is 9.59 Å². The molecule has 3 rings (SSSR count). The van der Waals surface area contributed by atoms with Crippen LogP contribution in [0.25, 0.3) is 10.8 Å². The third-order valence-electron chi connectivity index (χ3n) is 4.53. The first-order valence-electron chi connectivity index (χ1n) is 9.23. The third-order valence-corrected chi connectivity index (χ3v) is 4.53. The Morgan fingerprint density at radius 3 is 2.26 bits per heavy atom. The van der Waals surface area contributed by atoms with Gasteiger partial charge in [-0.3, -0.25) is 9.59 Å². The molecule has 0 aliphatic heterocycles. The Kier molecular flexibility index (Phi) is 5.13. The molecule has 1 heterocycles. The average Bonchev–Trinajstić information content (AvgIpc) is 2.64. The molecule has 1 N–H and O–H groups in total. The molecule has 5 heteroatoms. The highest BCUT2D eigenvalue weighted by atomic mass is 16.2. The van der Waals surface area contributed by atoms with Crippen molar-refractivity contribution in [2.75, 3.05) is 5.32 Å². The maximum Gasteiger partial charge on any atom is 0.276 e. The predicted molar refractivity (Wildman–Crippen MR) is 109 cm³/mol. The first-order chi connectivity index (χ1) is 12.8. The van der Waals surface area contributed by atoms with Crippen LogP contribution in [0, 0.1) is 0 Å². The second-order valence-corrected chi connectivity index (χ2v) is 7.70. The van der Waals surface area contributed by atoms with Gasteiger partial charge in [0.1, 0.15) is 0 Å². The van der Waals surface area contributed by atoms with Crippen molar-refractivity contribution in [3.63, 3.8) is 0 Å². The van der Waals surface area contributed by atoms with E-state index in [1.165, 1.54) is 10.2 Å². The van der Waals surface area contributed by atoms with Gasteiger partial charge in [0.15, 0.2) is 5.69 Å². The number of rotatable bonds is 4. The number of nitrogens with one attached hydrogen (secondary N) is 1. The Balaban J connectivity index is 1.98. The van der Waals surface area contributed by atoms with Crippen molar-refractivity contribution >= 4 is 22.4 Å². The summed E-state index contributed by atoms with van der Waals surface area (Å²) in [5.74, 6) is -0.320. The Bertz CT molecular complexity index is 1030. The molecule has 27 heavy (non-hydrogen) atoms. The number of hydrogen-bond donors (Lipinski definition) is 1. The summed E-state index contributed by atoms with van der Waals surface area (Å²) >= 11 is 0. The largest absolute Gasteiger partial charge is 0.321 e. The van der Waals surface area contributed by atoms with Crippen LogP contribution in [0.1, 0.15) is 50.2 Å². The Labute approximate surface area is 159 Å². The van der Waals surface area contributed by atoms with E-state index >= 15 is 0 Å². The highest BCUT2D eigenvalue weighted by Gasteiger charge is 2.17. The van der Waals surface area contributed by atoms with Crippen molar-refractivity contribution in [2.24, 2.45) is 0 Å². The van der Waals surface area contributed by atoms with Crippen LogP contribution in [0.15, 0.2) is 53.3 Å². The van der Waals surface area contributed by atoms with Crippen LogP contribution in [-0.4, -0.2) is 15.7 Å². The fourth-order valence-corrected chi connectivity index (χ4v) is 3.01.